The summed E-state index contributed by atoms with van der Waals surface area (Å²) >= 11 is 5.70. The van der Waals surface area contributed by atoms with Gasteiger partial charge in [0, 0.05) is 11.8 Å². The van der Waals surface area contributed by atoms with Crippen molar-refractivity contribution in [1.82, 2.24) is 4.98 Å². The molecule has 0 aliphatic rings. The van der Waals surface area contributed by atoms with Gasteiger partial charge in [-0.1, -0.05) is 11.6 Å². The Balaban J connectivity index is 3.10. The number of hydrogen-bond acceptors (Lipinski definition) is 3. The minimum absolute atomic E-state index is 0.300. The Labute approximate surface area is 82.0 Å². The fraction of sp³-hybridized carbons (Fsp3) is 0.286. The van der Waals surface area contributed by atoms with Crippen LogP contribution in [0.25, 0.3) is 0 Å². The zero-order chi connectivity index (χ0) is 10.1. The van der Waals surface area contributed by atoms with Crippen LogP contribution in [-0.4, -0.2) is 19.7 Å². The van der Waals surface area contributed by atoms with Gasteiger partial charge in [0.2, 0.25) is 10.0 Å². The molecule has 0 atom stereocenters. The van der Waals surface area contributed by atoms with Gasteiger partial charge in [-0.3, -0.25) is 4.72 Å². The Bertz CT molecular complexity index is 417. The summed E-state index contributed by atoms with van der Waals surface area (Å²) in [6.45, 7) is 1.70. The summed E-state index contributed by atoms with van der Waals surface area (Å²) < 4.78 is 24.1. The number of nitrogens with one attached hydrogen (secondary N) is 1. The average Bonchev–Trinajstić information content (AvgIpc) is 1.96. The zero-order valence-electron chi connectivity index (χ0n) is 7.20. The Morgan fingerprint density at radius 3 is 2.69 bits per heavy atom. The van der Waals surface area contributed by atoms with Crippen molar-refractivity contribution in [1.29, 1.82) is 0 Å². The fourth-order valence-corrected chi connectivity index (χ4v) is 1.60. The van der Waals surface area contributed by atoms with E-state index in [1.54, 1.807) is 13.0 Å². The lowest BCUT2D eigenvalue weighted by Crippen LogP contribution is -2.10. The van der Waals surface area contributed by atoms with Gasteiger partial charge >= 0.3 is 0 Å². The van der Waals surface area contributed by atoms with Gasteiger partial charge in [0.15, 0.2) is 0 Å². The molecule has 0 unspecified atom stereocenters. The number of halogens is 1. The normalized spacial score (nSPS) is 11.3. The van der Waals surface area contributed by atoms with Crippen molar-refractivity contribution in [3.05, 3.63) is 23.0 Å². The SMILES string of the molecule is Cc1c(NS(C)(=O)=O)ccnc1Cl. The molecule has 0 aliphatic carbocycles. The highest BCUT2D eigenvalue weighted by molar-refractivity contribution is 7.92. The van der Waals surface area contributed by atoms with Crippen LogP contribution < -0.4 is 4.72 Å². The van der Waals surface area contributed by atoms with E-state index in [-0.39, 0.29) is 0 Å². The van der Waals surface area contributed by atoms with Crippen molar-refractivity contribution in [3.63, 3.8) is 0 Å². The van der Waals surface area contributed by atoms with Crippen molar-refractivity contribution in [3.8, 4) is 0 Å². The smallest absolute Gasteiger partial charge is 0.229 e. The molecule has 0 aliphatic heterocycles. The quantitative estimate of drug-likeness (QED) is 0.767. The highest BCUT2D eigenvalue weighted by Gasteiger charge is 2.06. The van der Waals surface area contributed by atoms with Gasteiger partial charge in [0.05, 0.1) is 11.9 Å². The third-order valence-corrected chi connectivity index (χ3v) is 2.41. The number of anilines is 1. The molecular weight excluding hydrogens is 212 g/mol. The maximum atomic E-state index is 10.9. The summed E-state index contributed by atoms with van der Waals surface area (Å²) in [5, 5.41) is 0.300. The molecule has 6 heteroatoms. The van der Waals surface area contributed by atoms with Crippen molar-refractivity contribution >= 4 is 27.3 Å². The van der Waals surface area contributed by atoms with E-state index >= 15 is 0 Å². The fourth-order valence-electron chi connectivity index (χ4n) is 0.820. The molecule has 1 N–H and O–H groups in total. The number of rotatable bonds is 2. The second-order valence-electron chi connectivity index (χ2n) is 2.65. The van der Waals surface area contributed by atoms with Crippen LogP contribution in [0.15, 0.2) is 12.3 Å². The molecule has 0 amide bonds. The largest absolute Gasteiger partial charge is 0.283 e. The topological polar surface area (TPSA) is 59.1 Å². The first-order valence-electron chi connectivity index (χ1n) is 3.49. The maximum absolute atomic E-state index is 10.9. The molecule has 13 heavy (non-hydrogen) atoms. The van der Waals surface area contributed by atoms with Crippen LogP contribution in [0.4, 0.5) is 5.69 Å². The van der Waals surface area contributed by atoms with Crippen LogP contribution in [0.2, 0.25) is 5.15 Å². The molecule has 4 nitrogen and oxygen atoms in total. The molecule has 1 aromatic heterocycles. The van der Waals surface area contributed by atoms with Crippen LogP contribution in [0.3, 0.4) is 0 Å². The molecule has 0 saturated heterocycles. The molecule has 0 fully saturated rings. The van der Waals surface area contributed by atoms with Crippen LogP contribution in [0, 0.1) is 6.92 Å². The van der Waals surface area contributed by atoms with Gasteiger partial charge in [-0.15, -0.1) is 0 Å². The second kappa shape index (κ2) is 3.51. The molecule has 0 spiro atoms. The van der Waals surface area contributed by atoms with E-state index in [0.29, 0.717) is 16.4 Å². The standard InChI is InChI=1S/C7H9ClN2O2S/c1-5-6(10-13(2,11)12)3-4-9-7(5)8/h3-4H,1-2H3,(H,9,10). The molecule has 0 radical (unpaired) electrons. The third-order valence-electron chi connectivity index (χ3n) is 1.44. The predicted octanol–water partition coefficient (Wildman–Crippen LogP) is 1.41. The van der Waals surface area contributed by atoms with Crippen LogP contribution >= 0.6 is 11.6 Å². The second-order valence-corrected chi connectivity index (χ2v) is 4.76. The van der Waals surface area contributed by atoms with Crippen LogP contribution in [0.1, 0.15) is 5.56 Å². The predicted molar refractivity (Wildman–Crippen MR) is 52.5 cm³/mol. The summed E-state index contributed by atoms with van der Waals surface area (Å²) in [7, 11) is -3.25. The van der Waals surface area contributed by atoms with Gasteiger partial charge < -0.3 is 0 Å². The zero-order valence-corrected chi connectivity index (χ0v) is 8.78. The van der Waals surface area contributed by atoms with E-state index in [1.807, 2.05) is 0 Å². The first-order chi connectivity index (χ1) is 5.90. The lowest BCUT2D eigenvalue weighted by molar-refractivity contribution is 0.607. The van der Waals surface area contributed by atoms with Gasteiger partial charge in [-0.05, 0) is 13.0 Å². The van der Waals surface area contributed by atoms with Crippen molar-refractivity contribution in [2.75, 3.05) is 11.0 Å². The number of hydrogen-bond donors (Lipinski definition) is 1. The van der Waals surface area contributed by atoms with Crippen molar-refractivity contribution < 1.29 is 8.42 Å². The maximum Gasteiger partial charge on any atom is 0.229 e. The lowest BCUT2D eigenvalue weighted by Gasteiger charge is -2.07. The molecule has 0 bridgehead atoms. The van der Waals surface area contributed by atoms with Gasteiger partial charge in [0.25, 0.3) is 0 Å². The lowest BCUT2D eigenvalue weighted by atomic mass is 10.3. The molecule has 1 aromatic rings. The summed E-state index contributed by atoms with van der Waals surface area (Å²) in [4.78, 5) is 3.80. The molecule has 0 saturated carbocycles. The Morgan fingerprint density at radius 1 is 1.54 bits per heavy atom. The Hall–Kier alpha value is -0.810. The Kier molecular flexibility index (Phi) is 2.77. The van der Waals surface area contributed by atoms with Gasteiger partial charge in [-0.2, -0.15) is 0 Å². The molecule has 1 heterocycles. The monoisotopic (exact) mass is 220 g/mol. The molecule has 0 aromatic carbocycles. The third kappa shape index (κ3) is 2.86. The number of aromatic nitrogens is 1. The number of sulfonamides is 1. The average molecular weight is 221 g/mol. The van der Waals surface area contributed by atoms with Gasteiger partial charge in [0.1, 0.15) is 5.15 Å². The van der Waals surface area contributed by atoms with E-state index in [9.17, 15) is 8.42 Å². The summed E-state index contributed by atoms with van der Waals surface area (Å²) in [5.74, 6) is 0. The minimum Gasteiger partial charge on any atom is -0.283 e. The van der Waals surface area contributed by atoms with E-state index in [2.05, 4.69) is 9.71 Å². The van der Waals surface area contributed by atoms with Crippen molar-refractivity contribution in [2.24, 2.45) is 0 Å². The summed E-state index contributed by atoms with van der Waals surface area (Å²) in [6.07, 6.45) is 2.53. The first kappa shape index (κ1) is 10.3. The molecular formula is C7H9ClN2O2S. The highest BCUT2D eigenvalue weighted by Crippen LogP contribution is 2.20. The van der Waals surface area contributed by atoms with E-state index in [4.69, 9.17) is 11.6 Å². The minimum atomic E-state index is -3.25. The molecule has 1 rings (SSSR count). The van der Waals surface area contributed by atoms with E-state index in [0.717, 1.165) is 6.26 Å². The van der Waals surface area contributed by atoms with E-state index in [1.165, 1.54) is 6.20 Å². The first-order valence-corrected chi connectivity index (χ1v) is 5.76. The van der Waals surface area contributed by atoms with E-state index < -0.39 is 10.0 Å². The van der Waals surface area contributed by atoms with Crippen molar-refractivity contribution in [2.45, 2.75) is 6.92 Å². The van der Waals surface area contributed by atoms with Gasteiger partial charge in [-0.25, -0.2) is 13.4 Å². The number of nitrogens with zero attached hydrogens (tertiary/aromatic N) is 1. The summed E-state index contributed by atoms with van der Waals surface area (Å²) in [6, 6.07) is 1.56. The Morgan fingerprint density at radius 2 is 2.15 bits per heavy atom. The summed E-state index contributed by atoms with van der Waals surface area (Å²) in [5.41, 5.74) is 1.08. The molecule has 72 valence electrons. The highest BCUT2D eigenvalue weighted by atomic mass is 35.5. The number of pyridine rings is 1. The van der Waals surface area contributed by atoms with Crippen LogP contribution in [-0.2, 0) is 10.0 Å². The van der Waals surface area contributed by atoms with Crippen LogP contribution in [0.5, 0.6) is 0 Å².